The van der Waals surface area contributed by atoms with Crippen molar-refractivity contribution in [1.82, 2.24) is 10.6 Å². The minimum atomic E-state index is -0.144. The third-order valence-corrected chi connectivity index (χ3v) is 3.71. The van der Waals surface area contributed by atoms with Crippen molar-refractivity contribution >= 4 is 5.91 Å². The van der Waals surface area contributed by atoms with Crippen molar-refractivity contribution in [1.29, 1.82) is 0 Å². The second kappa shape index (κ2) is 5.64. The topological polar surface area (TPSA) is 61.4 Å². The van der Waals surface area contributed by atoms with Gasteiger partial charge in [0.25, 0.3) is 0 Å². The first kappa shape index (κ1) is 11.9. The van der Waals surface area contributed by atoms with Crippen LogP contribution in [0.4, 0.5) is 0 Å². The van der Waals surface area contributed by atoms with Gasteiger partial charge in [-0.2, -0.15) is 0 Å². The summed E-state index contributed by atoms with van der Waals surface area (Å²) in [4.78, 5) is 11.8. The molecule has 4 heteroatoms. The zero-order chi connectivity index (χ0) is 11.4. The molecule has 3 atom stereocenters. The van der Waals surface area contributed by atoms with Crippen LogP contribution in [0.3, 0.4) is 0 Å². The fraction of sp³-hybridized carbons (Fsp3) is 0.917. The maximum atomic E-state index is 11.8. The Bertz CT molecular complexity index is 239. The molecule has 1 saturated carbocycles. The number of nitrogens with one attached hydrogen (secondary N) is 2. The van der Waals surface area contributed by atoms with Gasteiger partial charge in [0, 0.05) is 6.54 Å². The lowest BCUT2D eigenvalue weighted by Gasteiger charge is -2.23. The van der Waals surface area contributed by atoms with Crippen molar-refractivity contribution in [3.63, 3.8) is 0 Å². The van der Waals surface area contributed by atoms with Gasteiger partial charge in [-0.3, -0.25) is 4.79 Å². The van der Waals surface area contributed by atoms with Gasteiger partial charge in [0.15, 0.2) is 0 Å². The number of carbonyl (C=O) groups excluding carboxylic acids is 1. The minimum Gasteiger partial charge on any atom is -0.393 e. The average molecular weight is 226 g/mol. The van der Waals surface area contributed by atoms with E-state index in [1.54, 1.807) is 0 Å². The van der Waals surface area contributed by atoms with Crippen LogP contribution in [0.5, 0.6) is 0 Å². The largest absolute Gasteiger partial charge is 0.393 e. The molecule has 0 spiro atoms. The van der Waals surface area contributed by atoms with Crippen LogP contribution >= 0.6 is 0 Å². The Kier molecular flexibility index (Phi) is 4.18. The first-order valence-electron chi connectivity index (χ1n) is 6.45. The van der Waals surface area contributed by atoms with Crippen LogP contribution < -0.4 is 10.6 Å². The molecule has 1 aliphatic carbocycles. The summed E-state index contributed by atoms with van der Waals surface area (Å²) in [6.45, 7) is 1.69. The van der Waals surface area contributed by atoms with Gasteiger partial charge in [0.1, 0.15) is 0 Å². The van der Waals surface area contributed by atoms with Gasteiger partial charge >= 0.3 is 0 Å². The smallest absolute Gasteiger partial charge is 0.237 e. The number of amides is 1. The molecule has 0 aromatic rings. The Labute approximate surface area is 96.8 Å². The van der Waals surface area contributed by atoms with E-state index >= 15 is 0 Å². The summed E-state index contributed by atoms with van der Waals surface area (Å²) < 4.78 is 0. The summed E-state index contributed by atoms with van der Waals surface area (Å²) in [5, 5.41) is 15.6. The van der Waals surface area contributed by atoms with Crippen molar-refractivity contribution in [3.8, 4) is 0 Å². The number of hydrogen-bond donors (Lipinski definition) is 3. The second-order valence-electron chi connectivity index (χ2n) is 5.08. The second-order valence-corrected chi connectivity index (χ2v) is 5.08. The predicted molar refractivity (Wildman–Crippen MR) is 62.0 cm³/mol. The van der Waals surface area contributed by atoms with Crippen LogP contribution in [0, 0.1) is 5.92 Å². The molecule has 3 N–H and O–H groups in total. The molecule has 92 valence electrons. The number of hydrogen-bond acceptors (Lipinski definition) is 3. The molecule has 2 rings (SSSR count). The molecule has 0 radical (unpaired) electrons. The zero-order valence-corrected chi connectivity index (χ0v) is 9.74. The molecule has 0 aromatic carbocycles. The lowest BCUT2D eigenvalue weighted by atomic mass is 10.0. The van der Waals surface area contributed by atoms with Crippen molar-refractivity contribution in [2.45, 2.75) is 50.7 Å². The molecule has 1 saturated heterocycles. The zero-order valence-electron chi connectivity index (χ0n) is 9.74. The SMILES string of the molecule is O=C(NCC1CCC(O)C1)C1CCCCN1. The van der Waals surface area contributed by atoms with E-state index in [-0.39, 0.29) is 18.1 Å². The summed E-state index contributed by atoms with van der Waals surface area (Å²) in [5.74, 6) is 0.614. The summed E-state index contributed by atoms with van der Waals surface area (Å²) in [5.41, 5.74) is 0. The van der Waals surface area contributed by atoms with Crippen molar-refractivity contribution in [2.75, 3.05) is 13.1 Å². The highest BCUT2D eigenvalue weighted by molar-refractivity contribution is 5.81. The molecular weight excluding hydrogens is 204 g/mol. The molecule has 3 unspecified atom stereocenters. The van der Waals surface area contributed by atoms with E-state index in [1.807, 2.05) is 0 Å². The monoisotopic (exact) mass is 226 g/mol. The fourth-order valence-electron chi connectivity index (χ4n) is 2.68. The average Bonchev–Trinajstić information content (AvgIpc) is 2.73. The Balaban J connectivity index is 1.66. The van der Waals surface area contributed by atoms with Crippen LogP contribution in [-0.4, -0.2) is 36.2 Å². The van der Waals surface area contributed by atoms with Crippen LogP contribution in [0.25, 0.3) is 0 Å². The van der Waals surface area contributed by atoms with Crippen molar-refractivity contribution < 1.29 is 9.90 Å². The van der Waals surface area contributed by atoms with Crippen molar-refractivity contribution in [3.05, 3.63) is 0 Å². The maximum absolute atomic E-state index is 11.8. The molecule has 1 aliphatic heterocycles. The van der Waals surface area contributed by atoms with E-state index in [9.17, 15) is 9.90 Å². The maximum Gasteiger partial charge on any atom is 0.237 e. The number of aliphatic hydroxyl groups is 1. The Morgan fingerprint density at radius 2 is 2.19 bits per heavy atom. The van der Waals surface area contributed by atoms with E-state index in [0.717, 1.165) is 45.2 Å². The quantitative estimate of drug-likeness (QED) is 0.653. The molecule has 1 heterocycles. The first-order chi connectivity index (χ1) is 7.75. The van der Waals surface area contributed by atoms with Gasteiger partial charge in [-0.25, -0.2) is 0 Å². The van der Waals surface area contributed by atoms with Crippen LogP contribution in [-0.2, 0) is 4.79 Å². The van der Waals surface area contributed by atoms with E-state index in [1.165, 1.54) is 6.42 Å². The lowest BCUT2D eigenvalue weighted by Crippen LogP contribution is -2.47. The van der Waals surface area contributed by atoms with Crippen molar-refractivity contribution in [2.24, 2.45) is 5.92 Å². The van der Waals surface area contributed by atoms with Crippen LogP contribution in [0.1, 0.15) is 38.5 Å². The Morgan fingerprint density at radius 1 is 1.31 bits per heavy atom. The van der Waals surface area contributed by atoms with E-state index in [4.69, 9.17) is 0 Å². The molecule has 4 nitrogen and oxygen atoms in total. The van der Waals surface area contributed by atoms with E-state index < -0.39 is 0 Å². The minimum absolute atomic E-state index is 0.0140. The van der Waals surface area contributed by atoms with Crippen LogP contribution in [0.15, 0.2) is 0 Å². The third kappa shape index (κ3) is 3.19. The Hall–Kier alpha value is -0.610. The molecule has 0 bridgehead atoms. The summed E-state index contributed by atoms with van der Waals surface area (Å²) in [7, 11) is 0. The summed E-state index contributed by atoms with van der Waals surface area (Å²) in [6.07, 6.45) is 5.92. The predicted octanol–water partition coefficient (Wildman–Crippen LogP) is 0.406. The highest BCUT2D eigenvalue weighted by Gasteiger charge is 2.25. The summed E-state index contributed by atoms with van der Waals surface area (Å²) >= 11 is 0. The van der Waals surface area contributed by atoms with E-state index in [2.05, 4.69) is 10.6 Å². The van der Waals surface area contributed by atoms with Gasteiger partial charge in [-0.1, -0.05) is 6.42 Å². The third-order valence-electron chi connectivity index (χ3n) is 3.71. The molecule has 0 aromatic heterocycles. The normalized spacial score (nSPS) is 34.9. The molecular formula is C12H22N2O2. The van der Waals surface area contributed by atoms with Gasteiger partial charge in [-0.15, -0.1) is 0 Å². The van der Waals surface area contributed by atoms with Gasteiger partial charge < -0.3 is 15.7 Å². The Morgan fingerprint density at radius 3 is 2.81 bits per heavy atom. The molecule has 2 fully saturated rings. The highest BCUT2D eigenvalue weighted by atomic mass is 16.3. The molecule has 1 amide bonds. The lowest BCUT2D eigenvalue weighted by molar-refractivity contribution is -0.123. The molecule has 2 aliphatic rings. The first-order valence-corrected chi connectivity index (χ1v) is 6.45. The number of carbonyl (C=O) groups is 1. The number of piperidine rings is 1. The van der Waals surface area contributed by atoms with Gasteiger partial charge in [-0.05, 0) is 44.6 Å². The molecule has 16 heavy (non-hydrogen) atoms. The number of rotatable bonds is 3. The highest BCUT2D eigenvalue weighted by Crippen LogP contribution is 2.24. The fourth-order valence-corrected chi connectivity index (χ4v) is 2.68. The van der Waals surface area contributed by atoms with Gasteiger partial charge in [0.05, 0.1) is 12.1 Å². The summed E-state index contributed by atoms with van der Waals surface area (Å²) in [6, 6.07) is 0.0140. The van der Waals surface area contributed by atoms with Crippen LogP contribution in [0.2, 0.25) is 0 Å². The standard InChI is InChI=1S/C12H22N2O2/c15-10-5-4-9(7-10)8-14-12(16)11-3-1-2-6-13-11/h9-11,13,15H,1-8H2,(H,14,16). The number of aliphatic hydroxyl groups excluding tert-OH is 1. The van der Waals surface area contributed by atoms with Gasteiger partial charge in [0.2, 0.25) is 5.91 Å². The van der Waals surface area contributed by atoms with E-state index in [0.29, 0.717) is 5.92 Å².